The second-order valence-electron chi connectivity index (χ2n) is 4.18. The van der Waals surface area contributed by atoms with Crippen molar-refractivity contribution in [1.29, 1.82) is 0 Å². The van der Waals surface area contributed by atoms with Crippen molar-refractivity contribution in [2.24, 2.45) is 5.84 Å². The number of hydrogen-bond acceptors (Lipinski definition) is 3. The van der Waals surface area contributed by atoms with E-state index in [1.807, 2.05) is 0 Å². The topological polar surface area (TPSA) is 47.3 Å². The Kier molecular flexibility index (Phi) is 5.36. The van der Waals surface area contributed by atoms with Gasteiger partial charge in [0.15, 0.2) is 0 Å². The molecule has 112 valence electrons. The van der Waals surface area contributed by atoms with Crippen LogP contribution >= 0.6 is 23.2 Å². The van der Waals surface area contributed by atoms with Crippen molar-refractivity contribution in [1.82, 2.24) is 5.43 Å². The number of alkyl halides is 2. The van der Waals surface area contributed by atoms with E-state index < -0.39 is 12.7 Å². The van der Waals surface area contributed by atoms with Crippen molar-refractivity contribution in [3.8, 4) is 5.75 Å². The van der Waals surface area contributed by atoms with E-state index in [4.69, 9.17) is 29.0 Å². The van der Waals surface area contributed by atoms with E-state index in [0.717, 1.165) is 0 Å². The monoisotopic (exact) mass is 332 g/mol. The summed E-state index contributed by atoms with van der Waals surface area (Å²) in [6, 6.07) is 10.6. The van der Waals surface area contributed by atoms with Crippen molar-refractivity contribution >= 4 is 23.2 Å². The molecule has 1 unspecified atom stereocenters. The average Bonchev–Trinajstić information content (AvgIpc) is 2.44. The first-order chi connectivity index (χ1) is 10.0. The van der Waals surface area contributed by atoms with Crippen LogP contribution in [0, 0.1) is 0 Å². The summed E-state index contributed by atoms with van der Waals surface area (Å²) in [6.45, 7) is -2.93. The van der Waals surface area contributed by atoms with Crippen LogP contribution in [-0.4, -0.2) is 6.61 Å². The van der Waals surface area contributed by atoms with Crippen LogP contribution < -0.4 is 16.0 Å². The van der Waals surface area contributed by atoms with Crippen molar-refractivity contribution in [3.05, 3.63) is 63.6 Å². The summed E-state index contributed by atoms with van der Waals surface area (Å²) in [5, 5.41) is 0.871. The summed E-state index contributed by atoms with van der Waals surface area (Å²) in [5.41, 5.74) is 3.55. The van der Waals surface area contributed by atoms with Crippen LogP contribution in [0.4, 0.5) is 8.78 Å². The number of hydrogen-bond donors (Lipinski definition) is 2. The highest BCUT2D eigenvalue weighted by Crippen LogP contribution is 2.35. The van der Waals surface area contributed by atoms with Gasteiger partial charge in [-0.2, -0.15) is 8.78 Å². The van der Waals surface area contributed by atoms with Gasteiger partial charge >= 0.3 is 6.61 Å². The lowest BCUT2D eigenvalue weighted by atomic mass is 9.98. The number of halogens is 4. The Morgan fingerprint density at radius 2 is 1.76 bits per heavy atom. The summed E-state index contributed by atoms with van der Waals surface area (Å²) >= 11 is 12.1. The molecule has 3 N–H and O–H groups in total. The Hall–Kier alpha value is -1.40. The van der Waals surface area contributed by atoms with Gasteiger partial charge in [-0.3, -0.25) is 5.84 Å². The minimum atomic E-state index is -2.93. The molecule has 0 aliphatic heterocycles. The highest BCUT2D eigenvalue weighted by molar-refractivity contribution is 6.33. The van der Waals surface area contributed by atoms with Gasteiger partial charge in [-0.05, 0) is 29.8 Å². The molecule has 0 aliphatic carbocycles. The molecule has 7 heteroatoms. The third kappa shape index (κ3) is 3.83. The molecule has 0 spiro atoms. The Balaban J connectivity index is 2.49. The van der Waals surface area contributed by atoms with Gasteiger partial charge in [0, 0.05) is 15.6 Å². The molecular formula is C14H12Cl2F2N2O. The van der Waals surface area contributed by atoms with Gasteiger partial charge in [0.05, 0.1) is 6.04 Å². The lowest BCUT2D eigenvalue weighted by Gasteiger charge is -2.21. The van der Waals surface area contributed by atoms with Gasteiger partial charge in [0.1, 0.15) is 5.75 Å². The number of rotatable bonds is 5. The zero-order chi connectivity index (χ0) is 15.4. The van der Waals surface area contributed by atoms with E-state index in [2.05, 4.69) is 10.2 Å². The molecule has 0 heterocycles. The molecule has 2 aromatic rings. The van der Waals surface area contributed by atoms with Crippen LogP contribution in [0.1, 0.15) is 17.2 Å². The fourth-order valence-corrected chi connectivity index (χ4v) is 2.41. The molecule has 0 aromatic heterocycles. The van der Waals surface area contributed by atoms with Gasteiger partial charge < -0.3 is 4.74 Å². The Morgan fingerprint density at radius 3 is 2.43 bits per heavy atom. The minimum Gasteiger partial charge on any atom is -0.434 e. The standard InChI is InChI=1S/C14H12Cl2F2N2O/c15-8-5-6-11(16)10(7-8)13(20-19)9-3-1-2-4-12(9)21-14(17)18/h1-7,13-14,20H,19H2. The van der Waals surface area contributed by atoms with Crippen LogP contribution in [0.15, 0.2) is 42.5 Å². The number of nitrogens with two attached hydrogens (primary N) is 1. The maximum atomic E-state index is 12.5. The number of hydrazine groups is 1. The van der Waals surface area contributed by atoms with Crippen LogP contribution in [0.2, 0.25) is 10.0 Å². The molecule has 2 rings (SSSR count). The maximum Gasteiger partial charge on any atom is 0.387 e. The van der Waals surface area contributed by atoms with Crippen LogP contribution in [-0.2, 0) is 0 Å². The fraction of sp³-hybridized carbons (Fsp3) is 0.143. The quantitative estimate of drug-likeness (QED) is 0.638. The second-order valence-corrected chi connectivity index (χ2v) is 5.03. The van der Waals surface area contributed by atoms with Gasteiger partial charge in [-0.1, -0.05) is 41.4 Å². The first-order valence-electron chi connectivity index (χ1n) is 5.97. The number of ether oxygens (including phenoxy) is 1. The predicted octanol–water partition coefficient (Wildman–Crippen LogP) is 4.15. The first-order valence-corrected chi connectivity index (χ1v) is 6.73. The van der Waals surface area contributed by atoms with E-state index in [9.17, 15) is 8.78 Å². The SMILES string of the molecule is NNC(c1cc(Cl)ccc1Cl)c1ccccc1OC(F)F. The number of benzene rings is 2. The highest BCUT2D eigenvalue weighted by Gasteiger charge is 2.21. The third-order valence-electron chi connectivity index (χ3n) is 2.88. The van der Waals surface area contributed by atoms with Crippen molar-refractivity contribution in [2.45, 2.75) is 12.7 Å². The number of para-hydroxylation sites is 1. The average molecular weight is 333 g/mol. The first kappa shape index (κ1) is 16.0. The van der Waals surface area contributed by atoms with E-state index in [1.54, 1.807) is 36.4 Å². The molecule has 0 saturated heterocycles. The van der Waals surface area contributed by atoms with Crippen LogP contribution in [0.25, 0.3) is 0 Å². The molecule has 0 saturated carbocycles. The number of nitrogens with one attached hydrogen (secondary N) is 1. The molecule has 0 fully saturated rings. The molecule has 2 aromatic carbocycles. The summed E-state index contributed by atoms with van der Waals surface area (Å²) < 4.78 is 29.5. The van der Waals surface area contributed by atoms with Crippen molar-refractivity contribution in [3.63, 3.8) is 0 Å². The largest absolute Gasteiger partial charge is 0.434 e. The van der Waals surface area contributed by atoms with Crippen LogP contribution in [0.3, 0.4) is 0 Å². The fourth-order valence-electron chi connectivity index (χ4n) is 2.01. The summed E-state index contributed by atoms with van der Waals surface area (Å²) in [6.07, 6.45) is 0. The molecular weight excluding hydrogens is 321 g/mol. The van der Waals surface area contributed by atoms with Gasteiger partial charge in [-0.25, -0.2) is 5.43 Å². The normalized spacial score (nSPS) is 12.5. The summed E-state index contributed by atoms with van der Waals surface area (Å²) in [7, 11) is 0. The maximum absolute atomic E-state index is 12.5. The molecule has 0 amide bonds. The van der Waals surface area contributed by atoms with Crippen molar-refractivity contribution < 1.29 is 13.5 Å². The third-order valence-corrected chi connectivity index (χ3v) is 3.46. The van der Waals surface area contributed by atoms with E-state index in [-0.39, 0.29) is 5.75 Å². The lowest BCUT2D eigenvalue weighted by molar-refractivity contribution is -0.0506. The highest BCUT2D eigenvalue weighted by atomic mass is 35.5. The van der Waals surface area contributed by atoms with Gasteiger partial charge in [-0.15, -0.1) is 0 Å². The molecule has 0 bridgehead atoms. The van der Waals surface area contributed by atoms with Crippen molar-refractivity contribution in [2.75, 3.05) is 0 Å². The minimum absolute atomic E-state index is 0.0199. The van der Waals surface area contributed by atoms with E-state index in [0.29, 0.717) is 21.2 Å². The van der Waals surface area contributed by atoms with E-state index in [1.165, 1.54) is 6.07 Å². The Labute approximate surface area is 130 Å². The zero-order valence-electron chi connectivity index (χ0n) is 10.7. The van der Waals surface area contributed by atoms with Gasteiger partial charge in [0.25, 0.3) is 0 Å². The Morgan fingerprint density at radius 1 is 1.05 bits per heavy atom. The lowest BCUT2D eigenvalue weighted by Crippen LogP contribution is -2.29. The zero-order valence-corrected chi connectivity index (χ0v) is 12.2. The molecule has 21 heavy (non-hydrogen) atoms. The predicted molar refractivity (Wildman–Crippen MR) is 78.7 cm³/mol. The molecule has 0 aliphatic rings. The molecule has 1 atom stereocenters. The van der Waals surface area contributed by atoms with E-state index >= 15 is 0 Å². The Bertz CT molecular complexity index is 626. The summed E-state index contributed by atoms with van der Waals surface area (Å²) in [5.74, 6) is 5.58. The van der Waals surface area contributed by atoms with Gasteiger partial charge in [0.2, 0.25) is 0 Å². The molecule has 0 radical (unpaired) electrons. The van der Waals surface area contributed by atoms with Crippen LogP contribution in [0.5, 0.6) is 5.75 Å². The molecule has 3 nitrogen and oxygen atoms in total. The summed E-state index contributed by atoms with van der Waals surface area (Å²) in [4.78, 5) is 0. The second kappa shape index (κ2) is 7.04. The smallest absolute Gasteiger partial charge is 0.387 e.